The van der Waals surface area contributed by atoms with E-state index >= 15 is 0 Å². The van der Waals surface area contributed by atoms with Crippen molar-refractivity contribution in [3.8, 4) is 0 Å². The SMILES string of the molecule is CCC[Si](CCC)OCCCCc1ccccc1. The van der Waals surface area contributed by atoms with Gasteiger partial charge in [0.15, 0.2) is 0 Å². The predicted octanol–water partition coefficient (Wildman–Crippen LogP) is 4.84. The molecular weight excluding hydrogens is 236 g/mol. The molecule has 0 aromatic heterocycles. The Hall–Kier alpha value is -0.603. The maximum Gasteiger partial charge on any atom is 0.211 e. The van der Waals surface area contributed by atoms with E-state index < -0.39 is 9.04 Å². The first-order chi connectivity index (χ1) is 8.86. The van der Waals surface area contributed by atoms with Crippen LogP contribution in [-0.2, 0) is 10.8 Å². The first kappa shape index (κ1) is 15.5. The highest BCUT2D eigenvalue weighted by molar-refractivity contribution is 6.51. The minimum absolute atomic E-state index is 0.491. The maximum absolute atomic E-state index is 6.06. The van der Waals surface area contributed by atoms with Gasteiger partial charge in [-0.1, -0.05) is 57.0 Å². The lowest BCUT2D eigenvalue weighted by molar-refractivity contribution is 0.306. The zero-order valence-corrected chi connectivity index (χ0v) is 13.0. The van der Waals surface area contributed by atoms with Crippen LogP contribution in [-0.4, -0.2) is 15.6 Å². The highest BCUT2D eigenvalue weighted by Gasteiger charge is 2.10. The average Bonchev–Trinajstić information content (AvgIpc) is 2.40. The van der Waals surface area contributed by atoms with Gasteiger partial charge in [0.1, 0.15) is 0 Å². The standard InChI is InChI=1S/C16H27OSi/c1-3-14-18(15-4-2)17-13-9-8-12-16-10-6-5-7-11-16/h5-7,10-11H,3-4,8-9,12-15H2,1-2H3. The van der Waals surface area contributed by atoms with Gasteiger partial charge < -0.3 is 4.43 Å². The van der Waals surface area contributed by atoms with Crippen LogP contribution in [0.4, 0.5) is 0 Å². The molecule has 1 nitrogen and oxygen atoms in total. The fourth-order valence-electron chi connectivity index (χ4n) is 2.12. The molecule has 0 amide bonds. The summed E-state index contributed by atoms with van der Waals surface area (Å²) in [4.78, 5) is 0. The molecule has 0 aliphatic rings. The molecule has 0 saturated heterocycles. The molecule has 1 aromatic rings. The molecule has 1 rings (SSSR count). The van der Waals surface area contributed by atoms with Gasteiger partial charge in [0.2, 0.25) is 9.04 Å². The van der Waals surface area contributed by atoms with E-state index in [9.17, 15) is 0 Å². The van der Waals surface area contributed by atoms with E-state index in [1.54, 1.807) is 0 Å². The van der Waals surface area contributed by atoms with Crippen LogP contribution < -0.4 is 0 Å². The summed E-state index contributed by atoms with van der Waals surface area (Å²) < 4.78 is 6.06. The van der Waals surface area contributed by atoms with Crippen molar-refractivity contribution >= 4 is 9.04 Å². The molecule has 0 atom stereocenters. The lowest BCUT2D eigenvalue weighted by Crippen LogP contribution is -2.17. The van der Waals surface area contributed by atoms with Crippen molar-refractivity contribution in [2.24, 2.45) is 0 Å². The molecule has 0 heterocycles. The Bertz CT molecular complexity index is 280. The number of hydrogen-bond donors (Lipinski definition) is 0. The molecular formula is C16H27OSi. The summed E-state index contributed by atoms with van der Waals surface area (Å²) in [6.45, 7) is 5.50. The number of rotatable bonds is 10. The summed E-state index contributed by atoms with van der Waals surface area (Å²) in [5.74, 6) is 0. The van der Waals surface area contributed by atoms with Crippen LogP contribution in [0.25, 0.3) is 0 Å². The van der Waals surface area contributed by atoms with Gasteiger partial charge in [-0.05, 0) is 36.9 Å². The number of unbranched alkanes of at least 4 members (excludes halogenated alkanes) is 1. The van der Waals surface area contributed by atoms with Gasteiger partial charge in [-0.3, -0.25) is 0 Å². The molecule has 1 radical (unpaired) electrons. The van der Waals surface area contributed by atoms with Crippen LogP contribution in [0.2, 0.25) is 12.1 Å². The third-order valence-corrected chi connectivity index (χ3v) is 5.79. The summed E-state index contributed by atoms with van der Waals surface area (Å²) in [5.41, 5.74) is 1.45. The summed E-state index contributed by atoms with van der Waals surface area (Å²) in [5, 5.41) is 0. The summed E-state index contributed by atoms with van der Waals surface area (Å²) in [7, 11) is -0.491. The third kappa shape index (κ3) is 6.97. The van der Waals surface area contributed by atoms with Crippen molar-refractivity contribution in [1.29, 1.82) is 0 Å². The van der Waals surface area contributed by atoms with Crippen molar-refractivity contribution in [3.63, 3.8) is 0 Å². The van der Waals surface area contributed by atoms with E-state index in [4.69, 9.17) is 4.43 Å². The molecule has 0 N–H and O–H groups in total. The fourth-order valence-corrected chi connectivity index (χ4v) is 4.21. The van der Waals surface area contributed by atoms with Gasteiger partial charge in [0.05, 0.1) is 0 Å². The topological polar surface area (TPSA) is 9.23 Å². The van der Waals surface area contributed by atoms with Crippen LogP contribution >= 0.6 is 0 Å². The third-order valence-electron chi connectivity index (χ3n) is 3.07. The van der Waals surface area contributed by atoms with Crippen molar-refractivity contribution in [1.82, 2.24) is 0 Å². The highest BCUT2D eigenvalue weighted by Crippen LogP contribution is 2.09. The second kappa shape index (κ2) is 10.3. The van der Waals surface area contributed by atoms with Crippen LogP contribution in [0.3, 0.4) is 0 Å². The quantitative estimate of drug-likeness (QED) is 0.433. The van der Waals surface area contributed by atoms with E-state index in [-0.39, 0.29) is 0 Å². The Balaban J connectivity index is 2.06. The van der Waals surface area contributed by atoms with Crippen LogP contribution in [0, 0.1) is 0 Å². The van der Waals surface area contributed by atoms with Gasteiger partial charge in [-0.25, -0.2) is 0 Å². The van der Waals surface area contributed by atoms with Gasteiger partial charge >= 0.3 is 0 Å². The van der Waals surface area contributed by atoms with Gasteiger partial charge in [0.25, 0.3) is 0 Å². The number of benzene rings is 1. The number of aryl methyl sites for hydroxylation is 1. The molecule has 0 spiro atoms. The zero-order chi connectivity index (χ0) is 13.1. The Labute approximate surface area is 114 Å². The first-order valence-electron chi connectivity index (χ1n) is 7.38. The predicted molar refractivity (Wildman–Crippen MR) is 81.3 cm³/mol. The molecule has 0 bridgehead atoms. The van der Waals surface area contributed by atoms with E-state index in [2.05, 4.69) is 44.2 Å². The molecule has 1 aromatic carbocycles. The zero-order valence-electron chi connectivity index (χ0n) is 12.0. The van der Waals surface area contributed by atoms with Gasteiger partial charge in [0, 0.05) is 6.61 Å². The Morgan fingerprint density at radius 3 is 2.22 bits per heavy atom. The molecule has 0 unspecified atom stereocenters. The van der Waals surface area contributed by atoms with Crippen molar-refractivity contribution in [3.05, 3.63) is 35.9 Å². The lowest BCUT2D eigenvalue weighted by Gasteiger charge is -2.13. The monoisotopic (exact) mass is 263 g/mol. The van der Waals surface area contributed by atoms with E-state index in [0.29, 0.717) is 0 Å². The minimum atomic E-state index is -0.491. The van der Waals surface area contributed by atoms with E-state index in [0.717, 1.165) is 6.61 Å². The number of hydrogen-bond acceptors (Lipinski definition) is 1. The molecule has 0 aliphatic heterocycles. The molecule has 0 fully saturated rings. The van der Waals surface area contributed by atoms with Gasteiger partial charge in [-0.2, -0.15) is 0 Å². The average molecular weight is 263 g/mol. The van der Waals surface area contributed by atoms with E-state index in [1.165, 1.54) is 49.8 Å². The highest BCUT2D eigenvalue weighted by atomic mass is 28.3. The van der Waals surface area contributed by atoms with Crippen molar-refractivity contribution < 1.29 is 4.43 Å². The van der Waals surface area contributed by atoms with Crippen molar-refractivity contribution in [2.45, 2.75) is 58.0 Å². The second-order valence-corrected chi connectivity index (χ2v) is 7.20. The summed E-state index contributed by atoms with van der Waals surface area (Å²) >= 11 is 0. The van der Waals surface area contributed by atoms with Crippen LogP contribution in [0.15, 0.2) is 30.3 Å². The maximum atomic E-state index is 6.06. The first-order valence-corrected chi connectivity index (χ1v) is 9.20. The molecule has 0 saturated carbocycles. The Morgan fingerprint density at radius 2 is 1.61 bits per heavy atom. The minimum Gasteiger partial charge on any atom is -0.417 e. The largest absolute Gasteiger partial charge is 0.417 e. The summed E-state index contributed by atoms with van der Waals surface area (Å²) in [6.07, 6.45) is 6.19. The molecule has 0 aliphatic carbocycles. The second-order valence-electron chi connectivity index (χ2n) is 4.83. The van der Waals surface area contributed by atoms with Crippen LogP contribution in [0.1, 0.15) is 45.1 Å². The van der Waals surface area contributed by atoms with Crippen molar-refractivity contribution in [2.75, 3.05) is 6.61 Å². The molecule has 18 heavy (non-hydrogen) atoms. The normalized spacial score (nSPS) is 11.1. The molecule has 101 valence electrons. The summed E-state index contributed by atoms with van der Waals surface area (Å²) in [6, 6.07) is 13.4. The van der Waals surface area contributed by atoms with Crippen LogP contribution in [0.5, 0.6) is 0 Å². The molecule has 2 heteroatoms. The fraction of sp³-hybridized carbons (Fsp3) is 0.625. The Morgan fingerprint density at radius 1 is 0.944 bits per heavy atom. The lowest BCUT2D eigenvalue weighted by atomic mass is 10.1. The van der Waals surface area contributed by atoms with Gasteiger partial charge in [-0.15, -0.1) is 0 Å². The Kier molecular flexibility index (Phi) is 8.87. The van der Waals surface area contributed by atoms with E-state index in [1.807, 2.05) is 0 Å². The smallest absolute Gasteiger partial charge is 0.211 e.